The molecular weight excluding hydrogens is 302 g/mol. The van der Waals surface area contributed by atoms with Gasteiger partial charge in [-0.2, -0.15) is 0 Å². The summed E-state index contributed by atoms with van der Waals surface area (Å²) < 4.78 is 0. The van der Waals surface area contributed by atoms with Crippen LogP contribution < -0.4 is 16.4 Å². The van der Waals surface area contributed by atoms with Gasteiger partial charge in [0.05, 0.1) is 12.0 Å². The SMILES string of the molecule is Cl.Nc1ccc2c(c1)CCCC2NC(=O)C1CCC(=O)NC1. The first kappa shape index (κ1) is 16.6. The fourth-order valence-corrected chi connectivity index (χ4v) is 3.23. The second kappa shape index (κ2) is 7.01. The second-order valence-electron chi connectivity index (χ2n) is 5.95. The number of aryl methyl sites for hydroxylation is 1. The van der Waals surface area contributed by atoms with Gasteiger partial charge in [-0.25, -0.2) is 0 Å². The van der Waals surface area contributed by atoms with Crippen LogP contribution in [0.5, 0.6) is 0 Å². The Morgan fingerprint density at radius 3 is 2.82 bits per heavy atom. The highest BCUT2D eigenvalue weighted by Crippen LogP contribution is 2.31. The van der Waals surface area contributed by atoms with Gasteiger partial charge >= 0.3 is 0 Å². The van der Waals surface area contributed by atoms with Crippen molar-refractivity contribution >= 4 is 29.9 Å². The Morgan fingerprint density at radius 2 is 2.09 bits per heavy atom. The minimum Gasteiger partial charge on any atom is -0.399 e. The Bertz CT molecular complexity index is 567. The molecule has 2 amide bonds. The summed E-state index contributed by atoms with van der Waals surface area (Å²) in [6.07, 6.45) is 4.12. The Hall–Kier alpha value is -1.75. The number of nitrogens with one attached hydrogen (secondary N) is 2. The fraction of sp³-hybridized carbons (Fsp3) is 0.500. The van der Waals surface area contributed by atoms with Gasteiger partial charge in [0.15, 0.2) is 0 Å². The maximum atomic E-state index is 12.4. The lowest BCUT2D eigenvalue weighted by molar-refractivity contribution is -0.129. The van der Waals surface area contributed by atoms with Crippen molar-refractivity contribution in [3.8, 4) is 0 Å². The summed E-state index contributed by atoms with van der Waals surface area (Å²) in [5, 5.41) is 5.91. The molecule has 2 aliphatic rings. The van der Waals surface area contributed by atoms with Crippen LogP contribution in [0.15, 0.2) is 18.2 Å². The smallest absolute Gasteiger partial charge is 0.225 e. The van der Waals surface area contributed by atoms with Gasteiger partial charge in [-0.05, 0) is 48.9 Å². The van der Waals surface area contributed by atoms with Crippen molar-refractivity contribution in [2.45, 2.75) is 38.1 Å². The number of piperidine rings is 1. The molecule has 1 heterocycles. The number of anilines is 1. The number of rotatable bonds is 2. The monoisotopic (exact) mass is 323 g/mol. The van der Waals surface area contributed by atoms with E-state index in [1.165, 1.54) is 11.1 Å². The number of benzene rings is 1. The van der Waals surface area contributed by atoms with E-state index in [4.69, 9.17) is 5.73 Å². The molecule has 1 aliphatic heterocycles. The Balaban J connectivity index is 0.00000176. The van der Waals surface area contributed by atoms with Crippen LogP contribution in [-0.4, -0.2) is 18.4 Å². The fourth-order valence-electron chi connectivity index (χ4n) is 3.23. The highest BCUT2D eigenvalue weighted by atomic mass is 35.5. The van der Waals surface area contributed by atoms with E-state index in [2.05, 4.69) is 10.6 Å². The summed E-state index contributed by atoms with van der Waals surface area (Å²) in [5.74, 6) is -0.0240. The molecule has 0 spiro atoms. The molecule has 2 unspecified atom stereocenters. The number of nitrogen functional groups attached to an aromatic ring is 1. The second-order valence-corrected chi connectivity index (χ2v) is 5.95. The van der Waals surface area contributed by atoms with Gasteiger partial charge in [0.2, 0.25) is 11.8 Å². The molecule has 1 aromatic carbocycles. The molecule has 2 atom stereocenters. The number of fused-ring (bicyclic) bond motifs is 1. The van der Waals surface area contributed by atoms with E-state index in [1.807, 2.05) is 18.2 Å². The van der Waals surface area contributed by atoms with Crippen LogP contribution in [0.4, 0.5) is 5.69 Å². The molecule has 0 aromatic heterocycles. The average molecular weight is 324 g/mol. The van der Waals surface area contributed by atoms with Gasteiger partial charge in [0.1, 0.15) is 0 Å². The van der Waals surface area contributed by atoms with Crippen LogP contribution >= 0.6 is 12.4 Å². The molecular formula is C16H22ClN3O2. The lowest BCUT2D eigenvalue weighted by Gasteiger charge is -2.29. The predicted molar refractivity (Wildman–Crippen MR) is 87.7 cm³/mol. The molecule has 1 aromatic rings. The summed E-state index contributed by atoms with van der Waals surface area (Å²) in [7, 11) is 0. The van der Waals surface area contributed by atoms with Crippen LogP contribution in [0.3, 0.4) is 0 Å². The first-order chi connectivity index (χ1) is 10.1. The van der Waals surface area contributed by atoms with E-state index in [0.29, 0.717) is 19.4 Å². The number of amides is 2. The molecule has 22 heavy (non-hydrogen) atoms. The lowest BCUT2D eigenvalue weighted by Crippen LogP contribution is -2.44. The van der Waals surface area contributed by atoms with Crippen LogP contribution in [-0.2, 0) is 16.0 Å². The quantitative estimate of drug-likeness (QED) is 0.724. The van der Waals surface area contributed by atoms with Crippen molar-refractivity contribution < 1.29 is 9.59 Å². The zero-order chi connectivity index (χ0) is 14.8. The minimum absolute atomic E-state index is 0. The molecule has 1 fully saturated rings. The zero-order valence-electron chi connectivity index (χ0n) is 12.4. The summed E-state index contributed by atoms with van der Waals surface area (Å²) >= 11 is 0. The third-order valence-electron chi connectivity index (χ3n) is 4.43. The van der Waals surface area contributed by atoms with E-state index in [0.717, 1.165) is 24.9 Å². The molecule has 0 radical (unpaired) electrons. The van der Waals surface area contributed by atoms with Crippen LogP contribution in [0.1, 0.15) is 42.9 Å². The molecule has 1 aliphatic carbocycles. The third kappa shape index (κ3) is 3.53. The molecule has 1 saturated heterocycles. The average Bonchev–Trinajstić information content (AvgIpc) is 2.47. The van der Waals surface area contributed by atoms with Crippen molar-refractivity contribution in [3.63, 3.8) is 0 Å². The first-order valence-electron chi connectivity index (χ1n) is 7.59. The number of hydrogen-bond acceptors (Lipinski definition) is 3. The largest absolute Gasteiger partial charge is 0.399 e. The van der Waals surface area contributed by atoms with Gasteiger partial charge in [0, 0.05) is 18.7 Å². The molecule has 0 saturated carbocycles. The van der Waals surface area contributed by atoms with Crippen molar-refractivity contribution in [2.24, 2.45) is 5.92 Å². The van der Waals surface area contributed by atoms with E-state index in [9.17, 15) is 9.59 Å². The van der Waals surface area contributed by atoms with Crippen molar-refractivity contribution in [1.82, 2.24) is 10.6 Å². The number of hydrogen-bond donors (Lipinski definition) is 3. The highest BCUT2D eigenvalue weighted by Gasteiger charge is 2.28. The molecule has 120 valence electrons. The number of nitrogens with two attached hydrogens (primary N) is 1. The Labute approximate surface area is 136 Å². The maximum absolute atomic E-state index is 12.4. The molecule has 4 N–H and O–H groups in total. The standard InChI is InChI=1S/C16H21N3O2.ClH/c17-12-5-6-13-10(8-12)2-1-3-14(13)19-16(21)11-4-7-15(20)18-9-11;/h5-6,8,11,14H,1-4,7,9,17H2,(H,18,20)(H,19,21);1H. The Kier molecular flexibility index (Phi) is 5.29. The number of carbonyl (C=O) groups is 2. The predicted octanol–water partition coefficient (Wildman–Crippen LogP) is 1.71. The summed E-state index contributed by atoms with van der Waals surface area (Å²) in [4.78, 5) is 23.5. The van der Waals surface area contributed by atoms with Crippen molar-refractivity contribution in [1.29, 1.82) is 0 Å². The zero-order valence-corrected chi connectivity index (χ0v) is 13.2. The van der Waals surface area contributed by atoms with Crippen LogP contribution in [0.2, 0.25) is 0 Å². The van der Waals surface area contributed by atoms with Crippen molar-refractivity contribution in [3.05, 3.63) is 29.3 Å². The molecule has 3 rings (SSSR count). The van der Waals surface area contributed by atoms with E-state index >= 15 is 0 Å². The Morgan fingerprint density at radius 1 is 1.27 bits per heavy atom. The summed E-state index contributed by atoms with van der Waals surface area (Å²) in [6.45, 7) is 0.450. The third-order valence-corrected chi connectivity index (χ3v) is 4.43. The minimum atomic E-state index is -0.109. The van der Waals surface area contributed by atoms with E-state index in [-0.39, 0.29) is 36.2 Å². The normalized spacial score (nSPS) is 23.7. The van der Waals surface area contributed by atoms with Gasteiger partial charge < -0.3 is 16.4 Å². The van der Waals surface area contributed by atoms with Crippen LogP contribution in [0, 0.1) is 5.92 Å². The van der Waals surface area contributed by atoms with Gasteiger partial charge in [-0.1, -0.05) is 6.07 Å². The first-order valence-corrected chi connectivity index (χ1v) is 7.59. The van der Waals surface area contributed by atoms with E-state index in [1.54, 1.807) is 0 Å². The molecule has 6 heteroatoms. The summed E-state index contributed by atoms with van der Waals surface area (Å²) in [5.41, 5.74) is 9.03. The van der Waals surface area contributed by atoms with Gasteiger partial charge in [-0.15, -0.1) is 12.4 Å². The lowest BCUT2D eigenvalue weighted by atomic mass is 9.86. The molecule has 5 nitrogen and oxygen atoms in total. The van der Waals surface area contributed by atoms with Crippen molar-refractivity contribution in [2.75, 3.05) is 12.3 Å². The summed E-state index contributed by atoms with van der Waals surface area (Å²) in [6, 6.07) is 6.00. The number of carbonyl (C=O) groups excluding carboxylic acids is 2. The molecule has 0 bridgehead atoms. The van der Waals surface area contributed by atoms with Crippen LogP contribution in [0.25, 0.3) is 0 Å². The topological polar surface area (TPSA) is 84.2 Å². The van der Waals surface area contributed by atoms with Gasteiger partial charge in [-0.3, -0.25) is 9.59 Å². The maximum Gasteiger partial charge on any atom is 0.225 e. The van der Waals surface area contributed by atoms with E-state index < -0.39 is 0 Å². The number of halogens is 1. The van der Waals surface area contributed by atoms with Gasteiger partial charge in [0.25, 0.3) is 0 Å². The highest BCUT2D eigenvalue weighted by molar-refractivity contribution is 5.85.